The summed E-state index contributed by atoms with van der Waals surface area (Å²) in [5.74, 6) is -0.756. The number of carbonyl (C=O) groups excluding carboxylic acids is 2. The van der Waals surface area contributed by atoms with Gasteiger partial charge in [0, 0.05) is 5.02 Å². The van der Waals surface area contributed by atoms with E-state index in [1.807, 2.05) is 0 Å². The topological polar surface area (TPSA) is 95.1 Å². The number of methoxy groups -OCH3 is 3. The lowest BCUT2D eigenvalue weighted by molar-refractivity contribution is -0.138. The van der Waals surface area contributed by atoms with Crippen molar-refractivity contribution < 1.29 is 28.5 Å². The van der Waals surface area contributed by atoms with Crippen LogP contribution in [0.25, 0.3) is 0 Å². The Balaban J connectivity index is 2.18. The summed E-state index contributed by atoms with van der Waals surface area (Å²) in [6, 6.07) is 11.3. The van der Waals surface area contributed by atoms with Gasteiger partial charge in [0.2, 0.25) is 5.76 Å². The summed E-state index contributed by atoms with van der Waals surface area (Å²) < 4.78 is 20.0. The molecule has 9 heteroatoms. The van der Waals surface area contributed by atoms with Gasteiger partial charge in [0.05, 0.1) is 32.6 Å². The zero-order chi connectivity index (χ0) is 20.5. The predicted molar refractivity (Wildman–Crippen MR) is 103 cm³/mol. The maximum atomic E-state index is 12.6. The maximum Gasteiger partial charge on any atom is 0.377 e. The molecule has 148 valence electrons. The Morgan fingerprint density at radius 3 is 2.36 bits per heavy atom. The number of halogens is 1. The van der Waals surface area contributed by atoms with Crippen molar-refractivity contribution in [2.24, 2.45) is 0 Å². The van der Waals surface area contributed by atoms with E-state index in [0.29, 0.717) is 16.5 Å². The fraction of sp³-hybridized carbons (Fsp3) is 0.158. The molecule has 0 saturated heterocycles. The smallest absolute Gasteiger partial charge is 0.377 e. The highest BCUT2D eigenvalue weighted by Crippen LogP contribution is 2.25. The van der Waals surface area contributed by atoms with E-state index in [4.69, 9.17) is 25.8 Å². The zero-order valence-corrected chi connectivity index (χ0v) is 16.2. The molecule has 2 N–H and O–H groups in total. The summed E-state index contributed by atoms with van der Waals surface area (Å²) in [4.78, 5) is 24.4. The summed E-state index contributed by atoms with van der Waals surface area (Å²) in [5, 5.41) is 0.317. The van der Waals surface area contributed by atoms with Gasteiger partial charge in [0.1, 0.15) is 17.8 Å². The van der Waals surface area contributed by atoms with E-state index in [2.05, 4.69) is 15.6 Å². The Bertz CT molecular complexity index is 867. The number of nitrogens with one attached hydrogen (secondary N) is 2. The van der Waals surface area contributed by atoms with Crippen LogP contribution in [-0.2, 0) is 14.3 Å². The molecule has 2 aromatic rings. The number of hydrogen-bond acceptors (Lipinski definition) is 7. The number of ether oxygens (including phenoxy) is 4. The number of esters is 1. The van der Waals surface area contributed by atoms with Crippen LogP contribution in [-0.4, -0.2) is 33.2 Å². The molecular weight excluding hydrogens is 388 g/mol. The Kier molecular flexibility index (Phi) is 7.53. The molecule has 0 saturated carbocycles. The summed E-state index contributed by atoms with van der Waals surface area (Å²) in [6.07, 6.45) is 1.07. The molecule has 0 aliphatic rings. The number of carbonyl (C=O) groups is 2. The fourth-order valence-electron chi connectivity index (χ4n) is 2.08. The predicted octanol–water partition coefficient (Wildman–Crippen LogP) is 3.15. The second kappa shape index (κ2) is 10.1. The minimum atomic E-state index is -0.764. The largest absolute Gasteiger partial charge is 0.500 e. The molecule has 0 atom stereocenters. The van der Waals surface area contributed by atoms with E-state index in [0.717, 1.165) is 6.26 Å². The number of hydrazine groups is 1. The van der Waals surface area contributed by atoms with Crippen LogP contribution in [0, 0.1) is 0 Å². The van der Waals surface area contributed by atoms with Gasteiger partial charge in [0.15, 0.2) is 0 Å². The zero-order valence-electron chi connectivity index (χ0n) is 15.4. The van der Waals surface area contributed by atoms with Gasteiger partial charge in [-0.1, -0.05) is 11.6 Å². The van der Waals surface area contributed by atoms with Gasteiger partial charge < -0.3 is 18.9 Å². The van der Waals surface area contributed by atoms with Gasteiger partial charge in [-0.3, -0.25) is 15.6 Å². The number of amides is 1. The molecule has 0 heterocycles. The Hall–Kier alpha value is -3.39. The molecule has 0 unspecified atom stereocenters. The number of anilines is 1. The molecule has 8 nitrogen and oxygen atoms in total. The number of benzene rings is 2. The molecule has 0 aromatic heterocycles. The Labute approximate surface area is 167 Å². The van der Waals surface area contributed by atoms with Crippen molar-refractivity contribution in [3.05, 3.63) is 65.1 Å². The summed E-state index contributed by atoms with van der Waals surface area (Å²) in [7, 11) is 4.11. The Morgan fingerprint density at radius 2 is 1.75 bits per heavy atom. The molecule has 28 heavy (non-hydrogen) atoms. The van der Waals surface area contributed by atoms with Crippen molar-refractivity contribution in [2.75, 3.05) is 26.8 Å². The van der Waals surface area contributed by atoms with Crippen LogP contribution in [0.15, 0.2) is 54.5 Å². The molecule has 2 aromatic carbocycles. The van der Waals surface area contributed by atoms with Crippen molar-refractivity contribution in [3.63, 3.8) is 0 Å². The molecule has 0 aliphatic carbocycles. The molecule has 2 rings (SSSR count). The van der Waals surface area contributed by atoms with Crippen LogP contribution in [0.5, 0.6) is 11.5 Å². The fourth-order valence-corrected chi connectivity index (χ4v) is 2.25. The van der Waals surface area contributed by atoms with Gasteiger partial charge in [0.25, 0.3) is 5.91 Å². The van der Waals surface area contributed by atoms with Crippen LogP contribution in [0.4, 0.5) is 5.69 Å². The summed E-state index contributed by atoms with van der Waals surface area (Å²) >= 11 is 6.00. The lowest BCUT2D eigenvalue weighted by Crippen LogP contribution is -2.29. The van der Waals surface area contributed by atoms with Crippen LogP contribution in [0.2, 0.25) is 5.02 Å². The van der Waals surface area contributed by atoms with Gasteiger partial charge in [-0.05, 0) is 42.5 Å². The lowest BCUT2D eigenvalue weighted by atomic mass is 10.2. The molecular formula is C19H19ClN2O6. The van der Waals surface area contributed by atoms with Crippen molar-refractivity contribution in [1.82, 2.24) is 5.43 Å². The van der Waals surface area contributed by atoms with E-state index in [1.54, 1.807) is 31.4 Å². The standard InChI is InChI=1S/C19H19ClN2O6/c1-25-11-17(19(24)27-3)28-16-9-4-12(20)10-15(16)18(23)22-21-13-5-7-14(26-2)8-6-13/h4-11,21H,1-3H3,(H,22,23)/b17-11+. The van der Waals surface area contributed by atoms with Crippen LogP contribution in [0.3, 0.4) is 0 Å². The highest BCUT2D eigenvalue weighted by Gasteiger charge is 2.19. The third kappa shape index (κ3) is 5.55. The normalized spacial score (nSPS) is 10.6. The highest BCUT2D eigenvalue weighted by molar-refractivity contribution is 6.31. The van der Waals surface area contributed by atoms with Crippen molar-refractivity contribution in [1.29, 1.82) is 0 Å². The van der Waals surface area contributed by atoms with Crippen LogP contribution < -0.4 is 20.3 Å². The molecule has 0 aliphatic heterocycles. The molecule has 0 bridgehead atoms. The minimum absolute atomic E-state index is 0.0899. The molecule has 1 amide bonds. The van der Waals surface area contributed by atoms with E-state index in [9.17, 15) is 9.59 Å². The quantitative estimate of drug-likeness (QED) is 0.301. The third-order valence-corrected chi connectivity index (χ3v) is 3.66. The maximum absolute atomic E-state index is 12.6. The molecule has 0 fully saturated rings. The van der Waals surface area contributed by atoms with Crippen LogP contribution in [0.1, 0.15) is 10.4 Å². The van der Waals surface area contributed by atoms with Gasteiger partial charge in [-0.2, -0.15) is 0 Å². The van der Waals surface area contributed by atoms with E-state index in [1.165, 1.54) is 32.4 Å². The first-order chi connectivity index (χ1) is 13.5. The van der Waals surface area contributed by atoms with Crippen molar-refractivity contribution in [2.45, 2.75) is 0 Å². The second-order valence-electron chi connectivity index (χ2n) is 5.26. The van der Waals surface area contributed by atoms with Gasteiger partial charge in [-0.15, -0.1) is 0 Å². The average Bonchev–Trinajstić information content (AvgIpc) is 2.72. The monoisotopic (exact) mass is 406 g/mol. The summed E-state index contributed by atoms with van der Waals surface area (Å²) in [6.45, 7) is 0. The number of hydrogen-bond donors (Lipinski definition) is 2. The first-order valence-corrected chi connectivity index (χ1v) is 8.35. The van der Waals surface area contributed by atoms with Crippen LogP contribution >= 0.6 is 11.6 Å². The summed E-state index contributed by atoms with van der Waals surface area (Å²) in [5.41, 5.74) is 6.03. The first-order valence-electron chi connectivity index (χ1n) is 7.97. The number of rotatable bonds is 8. The Morgan fingerprint density at radius 1 is 1.04 bits per heavy atom. The first kappa shape index (κ1) is 20.9. The van der Waals surface area contributed by atoms with E-state index < -0.39 is 11.9 Å². The second-order valence-corrected chi connectivity index (χ2v) is 5.70. The lowest BCUT2D eigenvalue weighted by Gasteiger charge is -2.14. The van der Waals surface area contributed by atoms with E-state index >= 15 is 0 Å². The highest BCUT2D eigenvalue weighted by atomic mass is 35.5. The average molecular weight is 407 g/mol. The van der Waals surface area contributed by atoms with Gasteiger partial charge >= 0.3 is 5.97 Å². The minimum Gasteiger partial charge on any atom is -0.500 e. The molecule has 0 spiro atoms. The SMILES string of the molecule is CO/C=C(/Oc1ccc(Cl)cc1C(=O)NNc1ccc(OC)cc1)C(=O)OC. The van der Waals surface area contributed by atoms with Crippen molar-refractivity contribution in [3.8, 4) is 11.5 Å². The van der Waals surface area contributed by atoms with Gasteiger partial charge in [-0.25, -0.2) is 4.79 Å². The van der Waals surface area contributed by atoms with Crippen molar-refractivity contribution >= 4 is 29.2 Å². The van der Waals surface area contributed by atoms with E-state index in [-0.39, 0.29) is 17.1 Å². The molecule has 0 radical (unpaired) electrons. The third-order valence-electron chi connectivity index (χ3n) is 3.43.